The van der Waals surface area contributed by atoms with Crippen molar-refractivity contribution < 1.29 is 4.74 Å². The number of fused-ring (bicyclic) bond motifs is 1. The van der Waals surface area contributed by atoms with Gasteiger partial charge in [-0.2, -0.15) is 5.26 Å². The largest absolute Gasteiger partial charge is 0.475 e. The first-order valence-corrected chi connectivity index (χ1v) is 3.54. The first-order chi connectivity index (χ1) is 5.40. The van der Waals surface area contributed by atoms with Gasteiger partial charge in [-0.15, -0.1) is 24.0 Å². The Morgan fingerprint density at radius 1 is 1.42 bits per heavy atom. The molecule has 1 heterocycles. The van der Waals surface area contributed by atoms with Gasteiger partial charge >= 0.3 is 0 Å². The predicted octanol–water partition coefficient (Wildman–Crippen LogP) is 2.13. The van der Waals surface area contributed by atoms with Crippen LogP contribution in [0.4, 0.5) is 0 Å². The van der Waals surface area contributed by atoms with Gasteiger partial charge in [0.1, 0.15) is 11.8 Å². The molecule has 1 atom stereocenters. The average molecular weight is 273 g/mol. The molecule has 12 heavy (non-hydrogen) atoms. The van der Waals surface area contributed by atoms with E-state index in [1.807, 2.05) is 24.3 Å². The summed E-state index contributed by atoms with van der Waals surface area (Å²) in [6.07, 6.45) is 0.458. The smallest absolute Gasteiger partial charge is 0.188 e. The maximum atomic E-state index is 8.56. The monoisotopic (exact) mass is 273 g/mol. The summed E-state index contributed by atoms with van der Waals surface area (Å²) in [7, 11) is 0. The zero-order chi connectivity index (χ0) is 7.68. The SMILES string of the molecule is I.N#CC1Cc2ccccc2O1. The number of hydrogen-bond donors (Lipinski definition) is 0. The van der Waals surface area contributed by atoms with Crippen molar-refractivity contribution in [1.29, 1.82) is 5.26 Å². The minimum absolute atomic E-state index is 0. The minimum Gasteiger partial charge on any atom is -0.475 e. The lowest BCUT2D eigenvalue weighted by Crippen LogP contribution is -2.08. The van der Waals surface area contributed by atoms with Crippen LogP contribution < -0.4 is 4.74 Å². The fourth-order valence-electron chi connectivity index (χ4n) is 1.25. The molecule has 1 aromatic carbocycles. The highest BCUT2D eigenvalue weighted by Gasteiger charge is 2.20. The number of ether oxygens (including phenoxy) is 1. The fourth-order valence-corrected chi connectivity index (χ4v) is 1.25. The number of hydrogen-bond acceptors (Lipinski definition) is 2. The molecular weight excluding hydrogens is 265 g/mol. The molecule has 0 N–H and O–H groups in total. The molecule has 0 radical (unpaired) electrons. The normalized spacial score (nSPS) is 18.4. The van der Waals surface area contributed by atoms with Gasteiger partial charge in [0.25, 0.3) is 0 Å². The molecule has 0 saturated heterocycles. The lowest BCUT2D eigenvalue weighted by Gasteiger charge is -1.98. The second-order valence-electron chi connectivity index (χ2n) is 2.55. The number of benzene rings is 1. The Hall–Kier alpha value is -0.760. The van der Waals surface area contributed by atoms with Crippen molar-refractivity contribution in [3.8, 4) is 11.8 Å². The zero-order valence-corrected chi connectivity index (χ0v) is 8.69. The Bertz CT molecular complexity index is 294. The van der Waals surface area contributed by atoms with Crippen LogP contribution in [0.25, 0.3) is 0 Å². The second-order valence-corrected chi connectivity index (χ2v) is 2.55. The molecule has 2 nitrogen and oxygen atoms in total. The molecule has 0 bridgehead atoms. The van der Waals surface area contributed by atoms with Crippen LogP contribution in [0.2, 0.25) is 0 Å². The van der Waals surface area contributed by atoms with Crippen molar-refractivity contribution >= 4 is 24.0 Å². The summed E-state index contributed by atoms with van der Waals surface area (Å²) in [5, 5.41) is 8.56. The highest BCUT2D eigenvalue weighted by molar-refractivity contribution is 14.0. The van der Waals surface area contributed by atoms with E-state index in [1.165, 1.54) is 0 Å². The van der Waals surface area contributed by atoms with Crippen LogP contribution in [0, 0.1) is 11.3 Å². The molecule has 2 rings (SSSR count). The van der Waals surface area contributed by atoms with Gasteiger partial charge in [0.05, 0.1) is 0 Å². The second kappa shape index (κ2) is 3.76. The van der Waals surface area contributed by atoms with Crippen molar-refractivity contribution in [3.05, 3.63) is 29.8 Å². The summed E-state index contributed by atoms with van der Waals surface area (Å²) in [5.41, 5.74) is 1.14. The zero-order valence-electron chi connectivity index (χ0n) is 6.36. The third kappa shape index (κ3) is 1.53. The standard InChI is InChI=1S/C9H7NO.HI/c10-6-8-5-7-3-1-2-4-9(7)11-8;/h1-4,8H,5H2;1H. The average Bonchev–Trinajstić information content (AvgIpc) is 2.46. The predicted molar refractivity (Wildman–Crippen MR) is 55.6 cm³/mol. The van der Waals surface area contributed by atoms with Gasteiger partial charge in [-0.25, -0.2) is 0 Å². The summed E-state index contributed by atoms with van der Waals surface area (Å²) in [6.45, 7) is 0. The van der Waals surface area contributed by atoms with Gasteiger partial charge in [0.2, 0.25) is 0 Å². The van der Waals surface area contributed by atoms with Gasteiger partial charge in [0.15, 0.2) is 6.10 Å². The molecule has 62 valence electrons. The van der Waals surface area contributed by atoms with Crippen LogP contribution in [0.5, 0.6) is 5.75 Å². The van der Waals surface area contributed by atoms with Gasteiger partial charge in [-0.3, -0.25) is 0 Å². The quantitative estimate of drug-likeness (QED) is 0.678. The molecule has 1 unspecified atom stereocenters. The lowest BCUT2D eigenvalue weighted by molar-refractivity contribution is 0.290. The third-order valence-corrected chi connectivity index (χ3v) is 1.79. The van der Waals surface area contributed by atoms with E-state index >= 15 is 0 Å². The molecular formula is C9H8INO. The molecule has 0 aliphatic carbocycles. The van der Waals surface area contributed by atoms with E-state index in [1.54, 1.807) is 0 Å². The van der Waals surface area contributed by atoms with Crippen LogP contribution in [-0.4, -0.2) is 6.10 Å². The maximum absolute atomic E-state index is 8.56. The van der Waals surface area contributed by atoms with E-state index in [4.69, 9.17) is 10.00 Å². The molecule has 0 saturated carbocycles. The van der Waals surface area contributed by atoms with Crippen LogP contribution in [-0.2, 0) is 6.42 Å². The molecule has 1 aromatic rings. The van der Waals surface area contributed by atoms with Gasteiger partial charge in [-0.1, -0.05) is 18.2 Å². The van der Waals surface area contributed by atoms with Crippen LogP contribution >= 0.6 is 24.0 Å². The van der Waals surface area contributed by atoms with E-state index in [9.17, 15) is 0 Å². The van der Waals surface area contributed by atoms with E-state index in [0.717, 1.165) is 17.7 Å². The molecule has 1 aliphatic rings. The topological polar surface area (TPSA) is 33.0 Å². The highest BCUT2D eigenvalue weighted by atomic mass is 127. The first-order valence-electron chi connectivity index (χ1n) is 3.54. The number of para-hydroxylation sites is 1. The Morgan fingerprint density at radius 3 is 2.83 bits per heavy atom. The fraction of sp³-hybridized carbons (Fsp3) is 0.222. The molecule has 1 aliphatic heterocycles. The van der Waals surface area contributed by atoms with Crippen LogP contribution in [0.1, 0.15) is 5.56 Å². The van der Waals surface area contributed by atoms with Crippen molar-refractivity contribution in [2.45, 2.75) is 12.5 Å². The Labute approximate surface area is 88.2 Å². The van der Waals surface area contributed by atoms with Gasteiger partial charge in [0, 0.05) is 6.42 Å². The maximum Gasteiger partial charge on any atom is 0.188 e. The third-order valence-electron chi connectivity index (χ3n) is 1.79. The van der Waals surface area contributed by atoms with E-state index in [2.05, 4.69) is 6.07 Å². The molecule has 0 fully saturated rings. The Morgan fingerprint density at radius 2 is 2.17 bits per heavy atom. The molecule has 0 amide bonds. The first kappa shape index (κ1) is 9.33. The number of nitrogens with zero attached hydrogens (tertiary/aromatic N) is 1. The molecule has 0 aromatic heterocycles. The van der Waals surface area contributed by atoms with Crippen LogP contribution in [0.15, 0.2) is 24.3 Å². The molecule has 0 spiro atoms. The Kier molecular flexibility index (Phi) is 2.93. The highest BCUT2D eigenvalue weighted by Crippen LogP contribution is 2.27. The number of nitriles is 1. The van der Waals surface area contributed by atoms with Gasteiger partial charge < -0.3 is 4.74 Å². The number of rotatable bonds is 0. The minimum atomic E-state index is -0.271. The van der Waals surface area contributed by atoms with E-state index in [0.29, 0.717) is 0 Å². The van der Waals surface area contributed by atoms with Crippen molar-refractivity contribution in [1.82, 2.24) is 0 Å². The van der Waals surface area contributed by atoms with Crippen LogP contribution in [0.3, 0.4) is 0 Å². The lowest BCUT2D eigenvalue weighted by atomic mass is 10.1. The van der Waals surface area contributed by atoms with E-state index in [-0.39, 0.29) is 30.1 Å². The van der Waals surface area contributed by atoms with Crippen molar-refractivity contribution in [2.24, 2.45) is 0 Å². The summed E-state index contributed by atoms with van der Waals surface area (Å²) in [5.74, 6) is 0.860. The van der Waals surface area contributed by atoms with E-state index < -0.39 is 0 Å². The summed E-state index contributed by atoms with van der Waals surface area (Å²) >= 11 is 0. The van der Waals surface area contributed by atoms with Crippen molar-refractivity contribution in [3.63, 3.8) is 0 Å². The summed E-state index contributed by atoms with van der Waals surface area (Å²) in [4.78, 5) is 0. The number of halogens is 1. The summed E-state index contributed by atoms with van der Waals surface area (Å²) in [6, 6.07) is 9.85. The van der Waals surface area contributed by atoms with Crippen molar-refractivity contribution in [2.75, 3.05) is 0 Å². The van der Waals surface area contributed by atoms with Gasteiger partial charge in [-0.05, 0) is 11.6 Å². The summed E-state index contributed by atoms with van der Waals surface area (Å²) < 4.78 is 5.29. The Balaban J connectivity index is 0.000000720. The molecule has 3 heteroatoms.